The van der Waals surface area contributed by atoms with Gasteiger partial charge in [0.15, 0.2) is 11.5 Å². The maximum atomic E-state index is 13.2. The van der Waals surface area contributed by atoms with E-state index in [-0.39, 0.29) is 23.3 Å². The molecule has 9 heteroatoms. The summed E-state index contributed by atoms with van der Waals surface area (Å²) in [6, 6.07) is 15.2. The van der Waals surface area contributed by atoms with Gasteiger partial charge in [-0.1, -0.05) is 12.1 Å². The lowest BCUT2D eigenvalue weighted by Gasteiger charge is -2.13. The number of ether oxygens (including phenoxy) is 2. The van der Waals surface area contributed by atoms with Crippen LogP contribution in [0.5, 0.6) is 11.5 Å². The van der Waals surface area contributed by atoms with Crippen LogP contribution in [0.1, 0.15) is 33.3 Å². The molecule has 164 valence electrons. The summed E-state index contributed by atoms with van der Waals surface area (Å²) in [5, 5.41) is 8.72. The molecule has 8 nitrogen and oxygen atoms in total. The third-order valence-electron chi connectivity index (χ3n) is 4.69. The predicted octanol–water partition coefficient (Wildman–Crippen LogP) is 3.72. The molecule has 0 aliphatic carbocycles. The van der Waals surface area contributed by atoms with Gasteiger partial charge in [-0.2, -0.15) is 4.39 Å². The van der Waals surface area contributed by atoms with Crippen molar-refractivity contribution in [2.45, 2.75) is 20.0 Å². The van der Waals surface area contributed by atoms with Crippen molar-refractivity contribution < 1.29 is 23.5 Å². The number of alkyl halides is 1. The number of benzene rings is 2. The van der Waals surface area contributed by atoms with Crippen LogP contribution < -0.4 is 25.4 Å². The highest BCUT2D eigenvalue weighted by Crippen LogP contribution is 2.37. The van der Waals surface area contributed by atoms with Crippen LogP contribution in [0.15, 0.2) is 60.8 Å². The van der Waals surface area contributed by atoms with Crippen LogP contribution in [0, 0.1) is 0 Å². The SMILES string of the molecule is CCNC(=O)c1cc(CNc2ccccc2C(=O)Nc2ccc3c(c2)OC(F)O3)ccn1. The molecule has 0 fully saturated rings. The van der Waals surface area contributed by atoms with Crippen molar-refractivity contribution in [1.82, 2.24) is 10.3 Å². The Balaban J connectivity index is 1.45. The number of pyridine rings is 1. The first kappa shape index (κ1) is 21.1. The lowest BCUT2D eigenvalue weighted by molar-refractivity contribution is -0.0652. The van der Waals surface area contributed by atoms with Crippen molar-refractivity contribution in [3.05, 3.63) is 77.6 Å². The monoisotopic (exact) mass is 436 g/mol. The number of aromatic nitrogens is 1. The Morgan fingerprint density at radius 1 is 1.03 bits per heavy atom. The van der Waals surface area contributed by atoms with Crippen LogP contribution in [0.2, 0.25) is 0 Å². The van der Waals surface area contributed by atoms with E-state index in [4.69, 9.17) is 9.47 Å². The van der Waals surface area contributed by atoms with Crippen molar-refractivity contribution in [2.24, 2.45) is 0 Å². The van der Waals surface area contributed by atoms with Crippen molar-refractivity contribution in [1.29, 1.82) is 0 Å². The quantitative estimate of drug-likeness (QED) is 0.522. The summed E-state index contributed by atoms with van der Waals surface area (Å²) in [5.41, 5.74) is 2.66. The van der Waals surface area contributed by atoms with Crippen molar-refractivity contribution in [2.75, 3.05) is 17.2 Å². The molecule has 32 heavy (non-hydrogen) atoms. The number of nitrogens with zero attached hydrogens (tertiary/aromatic N) is 1. The second-order valence-corrected chi connectivity index (χ2v) is 6.93. The summed E-state index contributed by atoms with van der Waals surface area (Å²) in [6.45, 7) is 0.902. The molecule has 0 radical (unpaired) electrons. The van der Waals surface area contributed by atoms with E-state index in [9.17, 15) is 14.0 Å². The van der Waals surface area contributed by atoms with Gasteiger partial charge in [0.2, 0.25) is 0 Å². The van der Waals surface area contributed by atoms with Gasteiger partial charge in [0.1, 0.15) is 5.69 Å². The lowest BCUT2D eigenvalue weighted by Crippen LogP contribution is -2.23. The largest absolute Gasteiger partial charge is 0.425 e. The van der Waals surface area contributed by atoms with Crippen LogP contribution in [0.3, 0.4) is 0 Å². The van der Waals surface area contributed by atoms with Crippen molar-refractivity contribution in [3.63, 3.8) is 0 Å². The molecule has 4 rings (SSSR count). The van der Waals surface area contributed by atoms with Gasteiger partial charge in [0, 0.05) is 36.7 Å². The Hall–Kier alpha value is -4.14. The molecule has 0 bridgehead atoms. The number of carbonyl (C=O) groups excluding carboxylic acids is 2. The maximum Gasteiger partial charge on any atom is 0.397 e. The zero-order valence-electron chi connectivity index (χ0n) is 17.2. The molecule has 2 amide bonds. The average Bonchev–Trinajstić information content (AvgIpc) is 3.17. The molecule has 3 aromatic rings. The number of hydrogen-bond acceptors (Lipinski definition) is 6. The molecule has 0 spiro atoms. The minimum atomic E-state index is -1.84. The average molecular weight is 436 g/mol. The van der Waals surface area contributed by atoms with Gasteiger partial charge in [-0.05, 0) is 48.9 Å². The highest BCUT2D eigenvalue weighted by molar-refractivity contribution is 6.08. The molecule has 0 saturated heterocycles. The van der Waals surface area contributed by atoms with E-state index in [1.165, 1.54) is 12.1 Å². The highest BCUT2D eigenvalue weighted by Gasteiger charge is 2.24. The first-order valence-electron chi connectivity index (χ1n) is 10.0. The Labute approximate surface area is 183 Å². The number of fused-ring (bicyclic) bond motifs is 1. The van der Waals surface area contributed by atoms with Gasteiger partial charge in [-0.25, -0.2) is 0 Å². The molecular formula is C23H21FN4O4. The van der Waals surface area contributed by atoms with E-state index < -0.39 is 6.54 Å². The number of para-hydroxylation sites is 1. The van der Waals surface area contributed by atoms with E-state index in [0.29, 0.717) is 35.7 Å². The predicted molar refractivity (Wildman–Crippen MR) is 117 cm³/mol. The first-order chi connectivity index (χ1) is 15.5. The van der Waals surface area contributed by atoms with E-state index in [1.807, 2.05) is 13.0 Å². The maximum absolute atomic E-state index is 13.2. The molecule has 0 saturated carbocycles. The van der Waals surface area contributed by atoms with Crippen molar-refractivity contribution in [3.8, 4) is 11.5 Å². The van der Waals surface area contributed by atoms with Crippen LogP contribution in [0.4, 0.5) is 15.8 Å². The summed E-state index contributed by atoms with van der Waals surface area (Å²) >= 11 is 0. The molecule has 1 atom stereocenters. The normalized spacial score (nSPS) is 14.0. The topological polar surface area (TPSA) is 102 Å². The molecule has 2 aromatic carbocycles. The fraction of sp³-hybridized carbons (Fsp3) is 0.174. The highest BCUT2D eigenvalue weighted by atomic mass is 19.2. The van der Waals surface area contributed by atoms with Crippen LogP contribution >= 0.6 is 0 Å². The standard InChI is InChI=1S/C23H21FN4O4/c1-2-25-22(30)18-11-14(9-10-26-18)13-27-17-6-4-3-5-16(17)21(29)28-15-7-8-19-20(12-15)32-23(24)31-19/h3-12,23,27H,2,13H2,1H3,(H,25,30)(H,28,29). The summed E-state index contributed by atoms with van der Waals surface area (Å²) in [7, 11) is 0. The zero-order valence-corrected chi connectivity index (χ0v) is 17.2. The second-order valence-electron chi connectivity index (χ2n) is 6.93. The summed E-state index contributed by atoms with van der Waals surface area (Å²) < 4.78 is 22.9. The molecule has 1 aliphatic heterocycles. The lowest BCUT2D eigenvalue weighted by atomic mass is 10.1. The Bertz CT molecular complexity index is 1150. The fourth-order valence-electron chi connectivity index (χ4n) is 3.19. The number of rotatable bonds is 7. The summed E-state index contributed by atoms with van der Waals surface area (Å²) in [5.74, 6) is -0.0809. The Morgan fingerprint density at radius 2 is 1.84 bits per heavy atom. The number of hydrogen-bond donors (Lipinski definition) is 3. The Kier molecular flexibility index (Phi) is 6.16. The van der Waals surface area contributed by atoms with Gasteiger partial charge in [0.25, 0.3) is 11.8 Å². The first-order valence-corrected chi connectivity index (χ1v) is 10.0. The molecular weight excluding hydrogens is 415 g/mol. The third-order valence-corrected chi connectivity index (χ3v) is 4.69. The molecule has 3 N–H and O–H groups in total. The van der Waals surface area contributed by atoms with Crippen molar-refractivity contribution >= 4 is 23.2 Å². The van der Waals surface area contributed by atoms with E-state index >= 15 is 0 Å². The number of carbonyl (C=O) groups is 2. The van der Waals surface area contributed by atoms with E-state index in [0.717, 1.165) is 5.56 Å². The van der Waals surface area contributed by atoms with Gasteiger partial charge in [0.05, 0.1) is 5.56 Å². The van der Waals surface area contributed by atoms with E-state index in [1.54, 1.807) is 42.6 Å². The molecule has 2 heterocycles. The second kappa shape index (κ2) is 9.34. The van der Waals surface area contributed by atoms with Gasteiger partial charge in [-0.15, -0.1) is 0 Å². The molecule has 1 aliphatic rings. The third kappa shape index (κ3) is 4.77. The summed E-state index contributed by atoms with van der Waals surface area (Å²) in [6.07, 6.45) is 1.57. The zero-order chi connectivity index (χ0) is 22.5. The molecule has 1 unspecified atom stereocenters. The number of anilines is 2. The smallest absolute Gasteiger partial charge is 0.397 e. The van der Waals surface area contributed by atoms with Crippen LogP contribution in [-0.4, -0.2) is 29.9 Å². The van der Waals surface area contributed by atoms with Gasteiger partial charge >= 0.3 is 6.54 Å². The van der Waals surface area contributed by atoms with Gasteiger partial charge in [-0.3, -0.25) is 14.6 Å². The minimum absolute atomic E-state index is 0.224. The Morgan fingerprint density at radius 3 is 2.69 bits per heavy atom. The van der Waals surface area contributed by atoms with Gasteiger partial charge < -0.3 is 25.4 Å². The number of halogens is 1. The number of nitrogens with one attached hydrogen (secondary N) is 3. The fourth-order valence-corrected chi connectivity index (χ4v) is 3.19. The van der Waals surface area contributed by atoms with E-state index in [2.05, 4.69) is 20.9 Å². The molecule has 1 aromatic heterocycles. The minimum Gasteiger partial charge on any atom is -0.425 e. The number of amides is 2. The van der Waals surface area contributed by atoms with Crippen LogP contribution in [0.25, 0.3) is 0 Å². The summed E-state index contributed by atoms with van der Waals surface area (Å²) in [4.78, 5) is 28.9. The van der Waals surface area contributed by atoms with Crippen LogP contribution in [-0.2, 0) is 6.54 Å².